The van der Waals surface area contributed by atoms with Crippen molar-refractivity contribution in [3.05, 3.63) is 34.9 Å². The highest BCUT2D eigenvalue weighted by Gasteiger charge is 2.32. The Hall–Kier alpha value is -1.64. The first kappa shape index (κ1) is 16.8. The predicted octanol–water partition coefficient (Wildman–Crippen LogP) is 4.18. The van der Waals surface area contributed by atoms with E-state index in [0.29, 0.717) is 18.8 Å². The van der Waals surface area contributed by atoms with Crippen molar-refractivity contribution >= 4 is 11.7 Å². The van der Waals surface area contributed by atoms with Crippen LogP contribution in [-0.4, -0.2) is 29.7 Å². The van der Waals surface area contributed by atoms with Crippen LogP contribution in [0, 0.1) is 11.8 Å². The number of carbonyl (C=O) groups excluding carboxylic acids is 2. The maximum Gasteiger partial charge on any atom is 0.223 e. The van der Waals surface area contributed by atoms with E-state index in [-0.39, 0.29) is 11.7 Å². The molecule has 1 aromatic carbocycles. The summed E-state index contributed by atoms with van der Waals surface area (Å²) < 4.78 is 0. The van der Waals surface area contributed by atoms with Crippen molar-refractivity contribution < 1.29 is 9.59 Å². The topological polar surface area (TPSA) is 37.4 Å². The quantitative estimate of drug-likeness (QED) is 0.772. The van der Waals surface area contributed by atoms with Crippen LogP contribution in [0.4, 0.5) is 0 Å². The van der Waals surface area contributed by atoms with Gasteiger partial charge >= 0.3 is 0 Å². The van der Waals surface area contributed by atoms with Crippen molar-refractivity contribution in [3.8, 4) is 0 Å². The molecule has 4 rings (SSSR count). The van der Waals surface area contributed by atoms with Gasteiger partial charge in [-0.1, -0.05) is 31.4 Å². The molecule has 1 amide bonds. The summed E-state index contributed by atoms with van der Waals surface area (Å²) in [6, 6.07) is 6.11. The summed E-state index contributed by atoms with van der Waals surface area (Å²) in [5.41, 5.74) is 3.51. The zero-order valence-electron chi connectivity index (χ0n) is 15.1. The highest BCUT2D eigenvalue weighted by atomic mass is 16.2. The Morgan fingerprint density at radius 2 is 1.72 bits per heavy atom. The standard InChI is InChI=1S/C22H29NO2/c24-21(19-9-8-16-6-3-7-18(16)14-19)10-11-22(25)23-13-12-17-4-1-2-5-20(17)15-23/h8-9,14,17,20H,1-7,10-13,15H2. The van der Waals surface area contributed by atoms with Crippen molar-refractivity contribution in [2.24, 2.45) is 11.8 Å². The van der Waals surface area contributed by atoms with Crippen molar-refractivity contribution in [1.29, 1.82) is 0 Å². The summed E-state index contributed by atoms with van der Waals surface area (Å²) >= 11 is 0. The number of nitrogens with zero attached hydrogens (tertiary/aromatic N) is 1. The molecular formula is C22H29NO2. The van der Waals surface area contributed by atoms with Crippen molar-refractivity contribution in [3.63, 3.8) is 0 Å². The molecule has 3 heteroatoms. The maximum atomic E-state index is 12.6. The third-order valence-corrected chi connectivity index (χ3v) is 6.63. The van der Waals surface area contributed by atoms with Crippen molar-refractivity contribution in [2.45, 2.75) is 64.2 Å². The van der Waals surface area contributed by atoms with Gasteiger partial charge in [0.05, 0.1) is 0 Å². The lowest BCUT2D eigenvalue weighted by atomic mass is 9.75. The molecule has 1 aromatic rings. The van der Waals surface area contributed by atoms with Gasteiger partial charge in [0.25, 0.3) is 0 Å². The number of hydrogen-bond donors (Lipinski definition) is 0. The zero-order valence-corrected chi connectivity index (χ0v) is 15.1. The molecular weight excluding hydrogens is 310 g/mol. The Morgan fingerprint density at radius 1 is 0.920 bits per heavy atom. The fraction of sp³-hybridized carbons (Fsp3) is 0.636. The van der Waals surface area contributed by atoms with Gasteiger partial charge in [0.15, 0.2) is 5.78 Å². The average Bonchev–Trinajstić information content (AvgIpc) is 3.13. The Kier molecular flexibility index (Phi) is 4.91. The number of piperidine rings is 1. The molecule has 3 aliphatic rings. The monoisotopic (exact) mass is 339 g/mol. The molecule has 3 nitrogen and oxygen atoms in total. The number of aryl methyl sites for hydroxylation is 2. The Labute approximate surface area is 150 Å². The van der Waals surface area contributed by atoms with E-state index in [9.17, 15) is 9.59 Å². The van der Waals surface area contributed by atoms with E-state index in [1.54, 1.807) is 0 Å². The summed E-state index contributed by atoms with van der Waals surface area (Å²) in [6.07, 6.45) is 10.6. The minimum absolute atomic E-state index is 0.121. The van der Waals surface area contributed by atoms with Crippen LogP contribution < -0.4 is 0 Å². The first-order chi connectivity index (χ1) is 12.2. The van der Waals surface area contributed by atoms with Crippen LogP contribution >= 0.6 is 0 Å². The molecule has 0 aromatic heterocycles. The molecule has 0 N–H and O–H groups in total. The molecule has 1 saturated carbocycles. The van der Waals surface area contributed by atoms with Gasteiger partial charge < -0.3 is 4.90 Å². The number of fused-ring (bicyclic) bond motifs is 2. The third kappa shape index (κ3) is 3.65. The van der Waals surface area contributed by atoms with Crippen LogP contribution in [0.5, 0.6) is 0 Å². The van der Waals surface area contributed by atoms with Gasteiger partial charge in [0.2, 0.25) is 5.91 Å². The maximum absolute atomic E-state index is 12.6. The molecule has 2 aliphatic carbocycles. The normalized spacial score (nSPS) is 25.4. The molecule has 0 bridgehead atoms. The Bertz CT molecular complexity index is 666. The van der Waals surface area contributed by atoms with E-state index in [1.165, 1.54) is 43.2 Å². The molecule has 1 saturated heterocycles. The summed E-state index contributed by atoms with van der Waals surface area (Å²) in [7, 11) is 0. The smallest absolute Gasteiger partial charge is 0.223 e. The number of carbonyl (C=O) groups is 2. The molecule has 0 radical (unpaired) electrons. The van der Waals surface area contributed by atoms with Crippen molar-refractivity contribution in [1.82, 2.24) is 4.90 Å². The lowest BCUT2D eigenvalue weighted by molar-refractivity contribution is -0.134. The first-order valence-electron chi connectivity index (χ1n) is 10.1. The minimum Gasteiger partial charge on any atom is -0.342 e. The average molecular weight is 339 g/mol. The molecule has 134 valence electrons. The number of amides is 1. The lowest BCUT2D eigenvalue weighted by Crippen LogP contribution is -2.44. The van der Waals surface area contributed by atoms with Gasteiger partial charge in [0.1, 0.15) is 0 Å². The van der Waals surface area contributed by atoms with Gasteiger partial charge in [-0.25, -0.2) is 0 Å². The van der Waals surface area contributed by atoms with Crippen LogP contribution in [0.25, 0.3) is 0 Å². The second-order valence-electron chi connectivity index (χ2n) is 8.19. The minimum atomic E-state index is 0.121. The SMILES string of the molecule is O=C(CCC(=O)N1CCC2CCCCC2C1)c1ccc2c(c1)CCC2. The highest BCUT2D eigenvalue weighted by molar-refractivity contribution is 5.98. The zero-order chi connectivity index (χ0) is 17.2. The second-order valence-corrected chi connectivity index (χ2v) is 8.19. The summed E-state index contributed by atoms with van der Waals surface area (Å²) in [5.74, 6) is 1.85. The molecule has 25 heavy (non-hydrogen) atoms. The second kappa shape index (κ2) is 7.31. The lowest BCUT2D eigenvalue weighted by Gasteiger charge is -2.41. The number of Topliss-reactive ketones (excluding diaryl/α,β-unsaturated/α-hetero) is 1. The van der Waals surface area contributed by atoms with E-state index in [2.05, 4.69) is 12.1 Å². The van der Waals surface area contributed by atoms with Crippen LogP contribution in [0.1, 0.15) is 72.9 Å². The molecule has 1 aliphatic heterocycles. The van der Waals surface area contributed by atoms with Gasteiger partial charge in [-0.2, -0.15) is 0 Å². The number of rotatable bonds is 4. The molecule has 1 heterocycles. The van der Waals surface area contributed by atoms with E-state index < -0.39 is 0 Å². The van der Waals surface area contributed by atoms with Crippen molar-refractivity contribution in [2.75, 3.05) is 13.1 Å². The predicted molar refractivity (Wildman–Crippen MR) is 98.7 cm³/mol. The van der Waals surface area contributed by atoms with E-state index in [4.69, 9.17) is 0 Å². The van der Waals surface area contributed by atoms with Crippen LogP contribution in [0.3, 0.4) is 0 Å². The third-order valence-electron chi connectivity index (χ3n) is 6.63. The van der Waals surface area contributed by atoms with E-state index >= 15 is 0 Å². The summed E-state index contributed by atoms with van der Waals surface area (Å²) in [4.78, 5) is 27.1. The van der Waals surface area contributed by atoms with Gasteiger partial charge in [-0.05, 0) is 61.1 Å². The fourth-order valence-corrected chi connectivity index (χ4v) is 5.10. The Balaban J connectivity index is 1.30. The summed E-state index contributed by atoms with van der Waals surface area (Å²) in [6.45, 7) is 1.82. The van der Waals surface area contributed by atoms with Gasteiger partial charge in [-0.3, -0.25) is 9.59 Å². The fourth-order valence-electron chi connectivity index (χ4n) is 5.10. The molecule has 2 unspecified atom stereocenters. The number of hydrogen-bond acceptors (Lipinski definition) is 2. The first-order valence-corrected chi connectivity index (χ1v) is 10.1. The van der Waals surface area contributed by atoms with Crippen LogP contribution in [0.15, 0.2) is 18.2 Å². The molecule has 0 spiro atoms. The molecule has 2 atom stereocenters. The van der Waals surface area contributed by atoms with Crippen LogP contribution in [-0.2, 0) is 17.6 Å². The summed E-state index contributed by atoms with van der Waals surface area (Å²) in [5, 5.41) is 0. The number of ketones is 1. The van der Waals surface area contributed by atoms with Gasteiger partial charge in [-0.15, -0.1) is 0 Å². The van der Waals surface area contributed by atoms with E-state index in [1.807, 2.05) is 11.0 Å². The largest absolute Gasteiger partial charge is 0.342 e. The highest BCUT2D eigenvalue weighted by Crippen LogP contribution is 2.36. The van der Waals surface area contributed by atoms with E-state index in [0.717, 1.165) is 43.8 Å². The Morgan fingerprint density at radius 3 is 2.60 bits per heavy atom. The number of likely N-dealkylation sites (tertiary alicyclic amines) is 1. The van der Waals surface area contributed by atoms with Gasteiger partial charge in [0, 0.05) is 31.5 Å². The van der Waals surface area contributed by atoms with Crippen LogP contribution in [0.2, 0.25) is 0 Å². The number of benzene rings is 1. The molecule has 2 fully saturated rings.